The van der Waals surface area contributed by atoms with E-state index in [1.807, 2.05) is 26.0 Å². The first-order chi connectivity index (χ1) is 13.3. The number of ether oxygens (including phenoxy) is 2. The molecule has 0 saturated heterocycles. The van der Waals surface area contributed by atoms with Gasteiger partial charge in [-0.1, -0.05) is 13.8 Å². The van der Waals surface area contributed by atoms with Gasteiger partial charge in [-0.15, -0.1) is 0 Å². The number of likely N-dealkylation sites (N-methyl/N-ethyl adjacent to an activating group) is 1. The number of methoxy groups -OCH3 is 1. The molecule has 0 bridgehead atoms. The molecule has 0 radical (unpaired) electrons. The number of aromatic amines is 1. The fraction of sp³-hybridized carbons (Fsp3) is 0.333. The third-order valence-electron chi connectivity index (χ3n) is 5.25. The lowest BCUT2D eigenvalue weighted by molar-refractivity contribution is -0.127. The molecule has 1 amide bonds. The van der Waals surface area contributed by atoms with E-state index < -0.39 is 6.10 Å². The van der Waals surface area contributed by atoms with Crippen molar-refractivity contribution in [2.24, 2.45) is 13.0 Å². The summed E-state index contributed by atoms with van der Waals surface area (Å²) in [4.78, 5) is 29.8. The van der Waals surface area contributed by atoms with Crippen LogP contribution in [0.4, 0.5) is 5.69 Å². The van der Waals surface area contributed by atoms with Gasteiger partial charge in [0.15, 0.2) is 11.9 Å². The van der Waals surface area contributed by atoms with Crippen LogP contribution in [-0.2, 0) is 11.8 Å². The molecule has 1 aliphatic heterocycles. The molecule has 3 aromatic rings. The molecule has 1 aromatic carbocycles. The van der Waals surface area contributed by atoms with Crippen LogP contribution in [0.15, 0.2) is 35.4 Å². The smallest absolute Gasteiger partial charge is 0.274 e. The van der Waals surface area contributed by atoms with Gasteiger partial charge in [0.2, 0.25) is 0 Å². The van der Waals surface area contributed by atoms with Gasteiger partial charge in [-0.3, -0.25) is 9.59 Å². The summed E-state index contributed by atoms with van der Waals surface area (Å²) in [6.07, 6.45) is 2.96. The fourth-order valence-corrected chi connectivity index (χ4v) is 3.67. The summed E-state index contributed by atoms with van der Waals surface area (Å²) in [5.74, 6) is 1.15. The second-order valence-corrected chi connectivity index (χ2v) is 7.43. The van der Waals surface area contributed by atoms with E-state index in [2.05, 4.69) is 4.98 Å². The molecule has 28 heavy (non-hydrogen) atoms. The first-order valence-corrected chi connectivity index (χ1v) is 9.16. The van der Waals surface area contributed by atoms with Gasteiger partial charge in [0.25, 0.3) is 11.5 Å². The lowest BCUT2D eigenvalue weighted by Crippen LogP contribution is -2.46. The van der Waals surface area contributed by atoms with Crippen LogP contribution in [0.3, 0.4) is 0 Å². The van der Waals surface area contributed by atoms with Gasteiger partial charge in [0.1, 0.15) is 11.3 Å². The van der Waals surface area contributed by atoms with Crippen LogP contribution in [0, 0.1) is 5.92 Å². The molecule has 0 spiro atoms. The van der Waals surface area contributed by atoms with Gasteiger partial charge < -0.3 is 23.9 Å². The van der Waals surface area contributed by atoms with E-state index in [1.54, 1.807) is 44.6 Å². The Morgan fingerprint density at radius 2 is 1.93 bits per heavy atom. The van der Waals surface area contributed by atoms with Gasteiger partial charge in [0, 0.05) is 49.1 Å². The molecule has 0 aliphatic carbocycles. The first kappa shape index (κ1) is 18.2. The van der Waals surface area contributed by atoms with Crippen LogP contribution < -0.4 is 19.9 Å². The highest BCUT2D eigenvalue weighted by atomic mass is 16.5. The zero-order valence-corrected chi connectivity index (χ0v) is 16.6. The number of pyridine rings is 1. The molecule has 0 saturated carbocycles. The van der Waals surface area contributed by atoms with Gasteiger partial charge in [-0.25, -0.2) is 0 Å². The Kier molecular flexibility index (Phi) is 4.18. The standard InChI is InChI=1S/C21H23N3O4/c1-11(2)18-21(26)24(4)16-9-12(27-5)8-14(19(16)28-18)15-10-23(3)20(25)17-13(15)6-7-22-17/h6-11,18,22H,1-5H3. The topological polar surface area (TPSA) is 76.6 Å². The Bertz CT molecular complexity index is 1140. The Hall–Kier alpha value is -3.22. The van der Waals surface area contributed by atoms with Crippen molar-refractivity contribution in [3.8, 4) is 22.6 Å². The van der Waals surface area contributed by atoms with E-state index in [0.717, 1.165) is 16.5 Å². The number of hydrogen-bond donors (Lipinski definition) is 1. The largest absolute Gasteiger partial charge is 0.497 e. The highest BCUT2D eigenvalue weighted by Crippen LogP contribution is 2.46. The molecule has 7 heteroatoms. The van der Waals surface area contributed by atoms with Crippen LogP contribution in [0.25, 0.3) is 22.0 Å². The third kappa shape index (κ3) is 2.58. The van der Waals surface area contributed by atoms with Crippen molar-refractivity contribution in [2.75, 3.05) is 19.1 Å². The van der Waals surface area contributed by atoms with E-state index in [0.29, 0.717) is 22.7 Å². The molecular weight excluding hydrogens is 358 g/mol. The molecule has 1 N–H and O–H groups in total. The first-order valence-electron chi connectivity index (χ1n) is 9.16. The number of nitrogens with zero attached hydrogens (tertiary/aromatic N) is 2. The Labute approximate surface area is 162 Å². The number of hydrogen-bond acceptors (Lipinski definition) is 4. The molecule has 1 aliphatic rings. The number of amides is 1. The van der Waals surface area contributed by atoms with E-state index >= 15 is 0 Å². The Balaban J connectivity index is 2.05. The zero-order valence-electron chi connectivity index (χ0n) is 16.6. The fourth-order valence-electron chi connectivity index (χ4n) is 3.67. The minimum atomic E-state index is -0.570. The van der Waals surface area contributed by atoms with E-state index in [4.69, 9.17) is 9.47 Å². The molecule has 146 valence electrons. The monoisotopic (exact) mass is 381 g/mol. The number of fused-ring (bicyclic) bond motifs is 2. The lowest BCUT2D eigenvalue weighted by Gasteiger charge is -2.35. The van der Waals surface area contributed by atoms with Crippen molar-refractivity contribution in [3.63, 3.8) is 0 Å². The minimum absolute atomic E-state index is 0.0189. The molecule has 0 fully saturated rings. The normalized spacial score (nSPS) is 16.4. The molecular formula is C21H23N3O4. The number of carbonyl (C=O) groups is 1. The SMILES string of the molecule is COc1cc(-c2cn(C)c(=O)c3[nH]ccc23)c2c(c1)N(C)C(=O)C(C(C)C)O2. The summed E-state index contributed by atoms with van der Waals surface area (Å²) in [7, 11) is 5.04. The van der Waals surface area contributed by atoms with Gasteiger partial charge in [0.05, 0.1) is 12.8 Å². The van der Waals surface area contributed by atoms with E-state index in [-0.39, 0.29) is 17.4 Å². The summed E-state index contributed by atoms with van der Waals surface area (Å²) in [5.41, 5.74) is 2.68. The van der Waals surface area contributed by atoms with Crippen molar-refractivity contribution in [3.05, 3.63) is 40.9 Å². The number of carbonyl (C=O) groups excluding carboxylic acids is 1. The molecule has 3 heterocycles. The molecule has 1 atom stereocenters. The van der Waals surface area contributed by atoms with Crippen LogP contribution in [0.2, 0.25) is 0 Å². The minimum Gasteiger partial charge on any atom is -0.497 e. The van der Waals surface area contributed by atoms with Crippen LogP contribution >= 0.6 is 0 Å². The maximum atomic E-state index is 12.8. The van der Waals surface area contributed by atoms with Crippen LogP contribution in [-0.4, -0.2) is 35.7 Å². The molecule has 2 aromatic heterocycles. The average Bonchev–Trinajstić information content (AvgIpc) is 3.16. The number of aryl methyl sites for hydroxylation is 1. The maximum Gasteiger partial charge on any atom is 0.274 e. The average molecular weight is 381 g/mol. The van der Waals surface area contributed by atoms with Gasteiger partial charge in [-0.05, 0) is 18.1 Å². The summed E-state index contributed by atoms with van der Waals surface area (Å²) < 4.78 is 13.2. The van der Waals surface area contributed by atoms with Gasteiger partial charge >= 0.3 is 0 Å². The number of benzene rings is 1. The number of aromatic nitrogens is 2. The third-order valence-corrected chi connectivity index (χ3v) is 5.25. The summed E-state index contributed by atoms with van der Waals surface area (Å²) in [6.45, 7) is 3.92. The van der Waals surface area contributed by atoms with Crippen LogP contribution in [0.1, 0.15) is 13.8 Å². The second-order valence-electron chi connectivity index (χ2n) is 7.43. The van der Waals surface area contributed by atoms with Crippen molar-refractivity contribution in [2.45, 2.75) is 20.0 Å². The Morgan fingerprint density at radius 1 is 1.18 bits per heavy atom. The zero-order chi connectivity index (χ0) is 20.2. The number of anilines is 1. The molecule has 4 rings (SSSR count). The van der Waals surface area contributed by atoms with Crippen molar-refractivity contribution < 1.29 is 14.3 Å². The molecule has 1 unspecified atom stereocenters. The van der Waals surface area contributed by atoms with Gasteiger partial charge in [-0.2, -0.15) is 0 Å². The predicted octanol–water partition coefficient (Wildman–Crippen LogP) is 2.92. The second kappa shape index (κ2) is 6.44. The summed E-state index contributed by atoms with van der Waals surface area (Å²) in [5, 5.41) is 0.794. The van der Waals surface area contributed by atoms with Crippen LogP contribution in [0.5, 0.6) is 11.5 Å². The van der Waals surface area contributed by atoms with Crippen molar-refractivity contribution in [1.29, 1.82) is 0 Å². The number of H-pyrrole nitrogens is 1. The maximum absolute atomic E-state index is 12.8. The predicted molar refractivity (Wildman–Crippen MR) is 108 cm³/mol. The number of nitrogens with one attached hydrogen (secondary N) is 1. The highest BCUT2D eigenvalue weighted by Gasteiger charge is 2.36. The summed E-state index contributed by atoms with van der Waals surface area (Å²) in [6, 6.07) is 5.55. The lowest BCUT2D eigenvalue weighted by atomic mass is 9.98. The number of rotatable bonds is 3. The van der Waals surface area contributed by atoms with E-state index in [9.17, 15) is 9.59 Å². The van der Waals surface area contributed by atoms with E-state index in [1.165, 1.54) is 4.57 Å². The Morgan fingerprint density at radius 3 is 2.61 bits per heavy atom. The highest BCUT2D eigenvalue weighted by molar-refractivity contribution is 6.04. The molecule has 7 nitrogen and oxygen atoms in total. The summed E-state index contributed by atoms with van der Waals surface area (Å²) >= 11 is 0. The quantitative estimate of drug-likeness (QED) is 0.757. The van der Waals surface area contributed by atoms with Crippen molar-refractivity contribution >= 4 is 22.5 Å². The van der Waals surface area contributed by atoms with Crippen molar-refractivity contribution in [1.82, 2.24) is 9.55 Å².